The summed E-state index contributed by atoms with van der Waals surface area (Å²) in [5.74, 6) is 0.0423. The second-order valence-electron chi connectivity index (χ2n) is 5.05. The third kappa shape index (κ3) is 3.02. The van der Waals surface area contributed by atoms with Gasteiger partial charge in [-0.05, 0) is 38.5 Å². The van der Waals surface area contributed by atoms with Crippen LogP contribution in [-0.4, -0.2) is 15.6 Å². The SMILES string of the molecule is Cc1ccc(C(=O)Cc2ccn(C(C)C)n2)cc1N. The highest BCUT2D eigenvalue weighted by Gasteiger charge is 2.11. The molecule has 4 nitrogen and oxygen atoms in total. The van der Waals surface area contributed by atoms with Gasteiger partial charge in [0, 0.05) is 23.5 Å². The van der Waals surface area contributed by atoms with E-state index in [-0.39, 0.29) is 5.78 Å². The number of carbonyl (C=O) groups is 1. The van der Waals surface area contributed by atoms with Gasteiger partial charge in [-0.1, -0.05) is 12.1 Å². The van der Waals surface area contributed by atoms with Crippen LogP contribution in [0.15, 0.2) is 30.5 Å². The Morgan fingerprint density at radius 2 is 2.11 bits per heavy atom. The number of hydrogen-bond acceptors (Lipinski definition) is 3. The molecule has 0 saturated carbocycles. The maximum Gasteiger partial charge on any atom is 0.168 e. The first-order valence-corrected chi connectivity index (χ1v) is 6.40. The number of hydrogen-bond donors (Lipinski definition) is 1. The Labute approximate surface area is 113 Å². The molecule has 0 bridgehead atoms. The Balaban J connectivity index is 2.13. The van der Waals surface area contributed by atoms with Gasteiger partial charge < -0.3 is 5.73 Å². The predicted molar refractivity (Wildman–Crippen MR) is 76.2 cm³/mol. The molecular formula is C15H19N3O. The Morgan fingerprint density at radius 1 is 1.37 bits per heavy atom. The van der Waals surface area contributed by atoms with Crippen molar-refractivity contribution in [3.05, 3.63) is 47.3 Å². The molecule has 4 heteroatoms. The lowest BCUT2D eigenvalue weighted by Gasteiger charge is -2.05. The van der Waals surface area contributed by atoms with E-state index in [2.05, 4.69) is 18.9 Å². The number of nitrogens with zero attached hydrogens (tertiary/aromatic N) is 2. The summed E-state index contributed by atoms with van der Waals surface area (Å²) in [6.45, 7) is 6.03. The molecule has 1 aromatic carbocycles. The van der Waals surface area contributed by atoms with Crippen LogP contribution in [0.5, 0.6) is 0 Å². The van der Waals surface area contributed by atoms with Crippen LogP contribution in [-0.2, 0) is 6.42 Å². The van der Waals surface area contributed by atoms with E-state index >= 15 is 0 Å². The van der Waals surface area contributed by atoms with Crippen molar-refractivity contribution in [3.63, 3.8) is 0 Å². The van der Waals surface area contributed by atoms with E-state index in [9.17, 15) is 4.79 Å². The van der Waals surface area contributed by atoms with E-state index in [0.717, 1.165) is 11.3 Å². The predicted octanol–water partition coefficient (Wildman–Crippen LogP) is 2.78. The highest BCUT2D eigenvalue weighted by Crippen LogP contribution is 2.15. The first kappa shape index (κ1) is 13.3. The third-order valence-electron chi connectivity index (χ3n) is 3.14. The summed E-state index contributed by atoms with van der Waals surface area (Å²) >= 11 is 0. The number of Topliss-reactive ketones (excluding diaryl/α,β-unsaturated/α-hetero) is 1. The standard InChI is InChI=1S/C15H19N3O/c1-10(2)18-7-6-13(17-18)9-15(19)12-5-4-11(3)14(16)8-12/h4-8,10H,9,16H2,1-3H3. The van der Waals surface area contributed by atoms with Crippen LogP contribution < -0.4 is 5.73 Å². The van der Waals surface area contributed by atoms with Crippen molar-refractivity contribution in [2.24, 2.45) is 0 Å². The molecule has 2 aromatic rings. The van der Waals surface area contributed by atoms with Crippen LogP contribution >= 0.6 is 0 Å². The molecule has 0 spiro atoms. The van der Waals surface area contributed by atoms with Gasteiger partial charge in [-0.25, -0.2) is 0 Å². The van der Waals surface area contributed by atoms with Crippen LogP contribution in [0.25, 0.3) is 0 Å². The summed E-state index contributed by atoms with van der Waals surface area (Å²) in [5.41, 5.74) is 8.89. The zero-order valence-electron chi connectivity index (χ0n) is 11.6. The van der Waals surface area contributed by atoms with Crippen LogP contribution in [0.2, 0.25) is 0 Å². The molecule has 0 amide bonds. The molecular weight excluding hydrogens is 238 g/mol. The Morgan fingerprint density at radius 3 is 2.68 bits per heavy atom. The zero-order valence-corrected chi connectivity index (χ0v) is 11.6. The molecule has 0 unspecified atom stereocenters. The van der Waals surface area contributed by atoms with Crippen LogP contribution in [0.4, 0.5) is 5.69 Å². The minimum Gasteiger partial charge on any atom is -0.398 e. The first-order valence-electron chi connectivity index (χ1n) is 6.40. The van der Waals surface area contributed by atoms with Crippen molar-refractivity contribution >= 4 is 11.5 Å². The number of carbonyl (C=O) groups excluding carboxylic acids is 1. The molecule has 1 aromatic heterocycles. The molecule has 0 radical (unpaired) electrons. The van der Waals surface area contributed by atoms with Crippen molar-refractivity contribution in [2.75, 3.05) is 5.73 Å². The van der Waals surface area contributed by atoms with Crippen LogP contribution in [0, 0.1) is 6.92 Å². The minimum atomic E-state index is 0.0423. The summed E-state index contributed by atoms with van der Waals surface area (Å²) in [6, 6.07) is 7.61. The molecule has 100 valence electrons. The van der Waals surface area contributed by atoms with Gasteiger partial charge in [-0.15, -0.1) is 0 Å². The monoisotopic (exact) mass is 257 g/mol. The van der Waals surface area contributed by atoms with Gasteiger partial charge >= 0.3 is 0 Å². The maximum absolute atomic E-state index is 12.2. The molecule has 2 N–H and O–H groups in total. The Kier molecular flexibility index (Phi) is 3.69. The summed E-state index contributed by atoms with van der Waals surface area (Å²) in [7, 11) is 0. The van der Waals surface area contributed by atoms with E-state index in [1.807, 2.05) is 36.0 Å². The molecule has 0 atom stereocenters. The number of nitrogen functional groups attached to an aromatic ring is 1. The fraction of sp³-hybridized carbons (Fsp3) is 0.333. The summed E-state index contributed by atoms with van der Waals surface area (Å²) in [4.78, 5) is 12.2. The van der Waals surface area contributed by atoms with E-state index in [1.54, 1.807) is 6.07 Å². The highest BCUT2D eigenvalue weighted by molar-refractivity contribution is 5.98. The highest BCUT2D eigenvalue weighted by atomic mass is 16.1. The molecule has 0 aliphatic carbocycles. The fourth-order valence-corrected chi connectivity index (χ4v) is 1.84. The van der Waals surface area contributed by atoms with Gasteiger partial charge in [0.1, 0.15) is 0 Å². The zero-order chi connectivity index (χ0) is 14.0. The van der Waals surface area contributed by atoms with Gasteiger partial charge in [0.15, 0.2) is 5.78 Å². The van der Waals surface area contributed by atoms with Crippen molar-refractivity contribution in [3.8, 4) is 0 Å². The van der Waals surface area contributed by atoms with E-state index in [4.69, 9.17) is 5.73 Å². The van der Waals surface area contributed by atoms with E-state index in [0.29, 0.717) is 23.7 Å². The topological polar surface area (TPSA) is 60.9 Å². The molecule has 1 heterocycles. The minimum absolute atomic E-state index is 0.0423. The molecule has 0 aliphatic heterocycles. The largest absolute Gasteiger partial charge is 0.398 e. The summed E-state index contributed by atoms with van der Waals surface area (Å²) < 4.78 is 1.85. The number of nitrogens with two attached hydrogens (primary N) is 1. The number of rotatable bonds is 4. The van der Waals surface area contributed by atoms with E-state index in [1.165, 1.54) is 0 Å². The van der Waals surface area contributed by atoms with Crippen molar-refractivity contribution < 1.29 is 4.79 Å². The number of anilines is 1. The normalized spacial score (nSPS) is 10.9. The third-order valence-corrected chi connectivity index (χ3v) is 3.14. The quantitative estimate of drug-likeness (QED) is 0.676. The lowest BCUT2D eigenvalue weighted by molar-refractivity contribution is 0.0991. The van der Waals surface area contributed by atoms with Crippen LogP contribution in [0.1, 0.15) is 41.5 Å². The number of aryl methyl sites for hydroxylation is 1. The van der Waals surface area contributed by atoms with Gasteiger partial charge in [-0.3, -0.25) is 9.48 Å². The lowest BCUT2D eigenvalue weighted by atomic mass is 10.0. The van der Waals surface area contributed by atoms with Gasteiger partial charge in [0.2, 0.25) is 0 Å². The molecule has 0 aliphatic rings. The molecule has 0 fully saturated rings. The average Bonchev–Trinajstić information content (AvgIpc) is 2.81. The molecule has 2 rings (SSSR count). The van der Waals surface area contributed by atoms with Gasteiger partial charge in [-0.2, -0.15) is 5.10 Å². The van der Waals surface area contributed by atoms with Gasteiger partial charge in [0.05, 0.1) is 12.1 Å². The Bertz CT molecular complexity index is 599. The van der Waals surface area contributed by atoms with E-state index < -0.39 is 0 Å². The number of benzene rings is 1. The van der Waals surface area contributed by atoms with Crippen molar-refractivity contribution in [1.29, 1.82) is 0 Å². The Hall–Kier alpha value is -2.10. The summed E-state index contributed by atoms with van der Waals surface area (Å²) in [5, 5.41) is 4.38. The average molecular weight is 257 g/mol. The first-order chi connectivity index (χ1) is 8.97. The second-order valence-corrected chi connectivity index (χ2v) is 5.05. The van der Waals surface area contributed by atoms with Crippen LogP contribution in [0.3, 0.4) is 0 Å². The fourth-order valence-electron chi connectivity index (χ4n) is 1.84. The number of ketones is 1. The number of aromatic nitrogens is 2. The smallest absolute Gasteiger partial charge is 0.168 e. The molecule has 19 heavy (non-hydrogen) atoms. The molecule has 0 saturated heterocycles. The lowest BCUT2D eigenvalue weighted by Crippen LogP contribution is -2.07. The van der Waals surface area contributed by atoms with Gasteiger partial charge in [0.25, 0.3) is 0 Å². The summed E-state index contributed by atoms with van der Waals surface area (Å²) in [6.07, 6.45) is 2.21. The second kappa shape index (κ2) is 5.26. The van der Waals surface area contributed by atoms with Crippen molar-refractivity contribution in [1.82, 2.24) is 9.78 Å². The maximum atomic E-state index is 12.2. The van der Waals surface area contributed by atoms with Crippen molar-refractivity contribution in [2.45, 2.75) is 33.2 Å².